The maximum absolute atomic E-state index is 11.8. The normalized spacial score (nSPS) is 24.8. The van der Waals surface area contributed by atoms with Crippen LogP contribution in [0, 0.1) is 5.92 Å². The topological polar surface area (TPSA) is 41.6 Å². The van der Waals surface area contributed by atoms with Crippen molar-refractivity contribution in [3.63, 3.8) is 0 Å². The van der Waals surface area contributed by atoms with Crippen LogP contribution in [-0.2, 0) is 9.53 Å². The Labute approximate surface area is 101 Å². The monoisotopic (exact) mass is 231 g/mol. The second-order valence-electron chi connectivity index (χ2n) is 4.91. The van der Waals surface area contributed by atoms with Crippen LogP contribution in [0.5, 0.6) is 0 Å². The quantitative estimate of drug-likeness (QED) is 0.806. The smallest absolute Gasteiger partial charge is 0.252 e. The van der Waals surface area contributed by atoms with E-state index in [1.165, 1.54) is 24.8 Å². The predicted octanol–water partition coefficient (Wildman–Crippen LogP) is 2.04. The van der Waals surface area contributed by atoms with E-state index in [-0.39, 0.29) is 18.1 Å². The molecule has 1 aromatic rings. The second-order valence-corrected chi connectivity index (χ2v) is 4.91. The minimum absolute atomic E-state index is 0.0470. The summed E-state index contributed by atoms with van der Waals surface area (Å²) in [6, 6.07) is 10.4. The van der Waals surface area contributed by atoms with E-state index in [0.29, 0.717) is 12.5 Å². The molecule has 3 rings (SSSR count). The zero-order valence-corrected chi connectivity index (χ0v) is 9.76. The molecule has 1 aromatic carbocycles. The van der Waals surface area contributed by atoms with Gasteiger partial charge in [0.15, 0.2) is 6.10 Å². The summed E-state index contributed by atoms with van der Waals surface area (Å²) in [6.45, 7) is 0.581. The van der Waals surface area contributed by atoms with Gasteiger partial charge < -0.3 is 10.1 Å². The van der Waals surface area contributed by atoms with E-state index in [2.05, 4.69) is 17.4 Å². The van der Waals surface area contributed by atoms with E-state index < -0.39 is 0 Å². The minimum Gasteiger partial charge on any atom is -0.363 e. The molecular formula is C14H17NO2. The molecule has 2 atom stereocenters. The first kappa shape index (κ1) is 10.8. The molecule has 17 heavy (non-hydrogen) atoms. The summed E-state index contributed by atoms with van der Waals surface area (Å²) < 4.78 is 5.03. The number of hydrogen-bond donors (Lipinski definition) is 1. The molecule has 1 heterocycles. The zero-order chi connectivity index (χ0) is 11.7. The van der Waals surface area contributed by atoms with Gasteiger partial charge in [-0.15, -0.1) is 0 Å². The molecule has 1 N–H and O–H groups in total. The third-order valence-electron chi connectivity index (χ3n) is 3.70. The maximum atomic E-state index is 11.8. The molecule has 1 aliphatic heterocycles. The van der Waals surface area contributed by atoms with Gasteiger partial charge in [-0.3, -0.25) is 4.79 Å². The molecule has 90 valence electrons. The average Bonchev–Trinajstić information content (AvgIpc) is 3.10. The molecule has 2 aliphatic rings. The van der Waals surface area contributed by atoms with Crippen molar-refractivity contribution in [3.8, 4) is 0 Å². The fourth-order valence-electron chi connectivity index (χ4n) is 2.35. The SMILES string of the molecule is O=C(NC(c1ccccc1)C1CCC1)C1CO1. The van der Waals surface area contributed by atoms with E-state index in [1.807, 2.05) is 18.2 Å². The van der Waals surface area contributed by atoms with Gasteiger partial charge in [0, 0.05) is 0 Å². The number of carbonyl (C=O) groups is 1. The number of hydrogen-bond acceptors (Lipinski definition) is 2. The van der Waals surface area contributed by atoms with Gasteiger partial charge in [0.2, 0.25) is 0 Å². The number of ether oxygens (including phenoxy) is 1. The van der Waals surface area contributed by atoms with Gasteiger partial charge in [0.05, 0.1) is 12.6 Å². The van der Waals surface area contributed by atoms with Crippen molar-refractivity contribution in [3.05, 3.63) is 35.9 Å². The Morgan fingerprint density at radius 1 is 1.29 bits per heavy atom. The first-order chi connectivity index (χ1) is 8.34. The summed E-state index contributed by atoms with van der Waals surface area (Å²) in [7, 11) is 0. The first-order valence-electron chi connectivity index (χ1n) is 6.31. The molecule has 1 aliphatic carbocycles. The zero-order valence-electron chi connectivity index (χ0n) is 9.76. The maximum Gasteiger partial charge on any atom is 0.252 e. The van der Waals surface area contributed by atoms with E-state index in [9.17, 15) is 4.79 Å². The lowest BCUT2D eigenvalue weighted by atomic mass is 9.77. The molecule has 3 heteroatoms. The fraction of sp³-hybridized carbons (Fsp3) is 0.500. The number of benzene rings is 1. The minimum atomic E-state index is -0.193. The molecule has 0 radical (unpaired) electrons. The van der Waals surface area contributed by atoms with Crippen LogP contribution in [0.15, 0.2) is 30.3 Å². The Bertz CT molecular complexity index is 396. The highest BCUT2D eigenvalue weighted by Crippen LogP contribution is 2.37. The standard InChI is InChI=1S/C14H17NO2/c16-14(12-9-17-12)15-13(11-7-4-8-11)10-5-2-1-3-6-10/h1-3,5-6,11-13H,4,7-9H2,(H,15,16). The fourth-order valence-corrected chi connectivity index (χ4v) is 2.35. The van der Waals surface area contributed by atoms with Crippen molar-refractivity contribution in [1.29, 1.82) is 0 Å². The summed E-state index contributed by atoms with van der Waals surface area (Å²) in [6.07, 6.45) is 3.52. The molecule has 1 saturated carbocycles. The van der Waals surface area contributed by atoms with Crippen molar-refractivity contribution in [2.45, 2.75) is 31.4 Å². The van der Waals surface area contributed by atoms with Crippen LogP contribution in [0.25, 0.3) is 0 Å². The summed E-state index contributed by atoms with van der Waals surface area (Å²) in [5, 5.41) is 3.13. The Hall–Kier alpha value is -1.35. The molecule has 3 nitrogen and oxygen atoms in total. The van der Waals surface area contributed by atoms with Gasteiger partial charge in [-0.2, -0.15) is 0 Å². The van der Waals surface area contributed by atoms with Crippen molar-refractivity contribution < 1.29 is 9.53 Å². The summed E-state index contributed by atoms with van der Waals surface area (Å²) >= 11 is 0. The van der Waals surface area contributed by atoms with E-state index >= 15 is 0 Å². The van der Waals surface area contributed by atoms with Crippen LogP contribution in [0.1, 0.15) is 30.9 Å². The highest BCUT2D eigenvalue weighted by atomic mass is 16.6. The molecule has 1 amide bonds. The molecule has 1 saturated heterocycles. The van der Waals surface area contributed by atoms with Crippen LogP contribution in [0.4, 0.5) is 0 Å². The van der Waals surface area contributed by atoms with Crippen LogP contribution >= 0.6 is 0 Å². The van der Waals surface area contributed by atoms with E-state index in [4.69, 9.17) is 4.74 Å². The van der Waals surface area contributed by atoms with Crippen molar-refractivity contribution in [2.75, 3.05) is 6.61 Å². The number of nitrogens with one attached hydrogen (secondary N) is 1. The second kappa shape index (κ2) is 4.49. The lowest BCUT2D eigenvalue weighted by Gasteiger charge is -2.34. The Morgan fingerprint density at radius 3 is 2.53 bits per heavy atom. The molecule has 0 spiro atoms. The number of epoxide rings is 1. The molecule has 0 bridgehead atoms. The molecule has 0 aromatic heterocycles. The lowest BCUT2D eigenvalue weighted by molar-refractivity contribution is -0.123. The van der Waals surface area contributed by atoms with Crippen molar-refractivity contribution >= 4 is 5.91 Å². The highest BCUT2D eigenvalue weighted by molar-refractivity contribution is 5.83. The van der Waals surface area contributed by atoms with Crippen molar-refractivity contribution in [1.82, 2.24) is 5.32 Å². The van der Waals surface area contributed by atoms with Crippen LogP contribution in [0.2, 0.25) is 0 Å². The lowest BCUT2D eigenvalue weighted by Crippen LogP contribution is -2.38. The van der Waals surface area contributed by atoms with Gasteiger partial charge in [-0.25, -0.2) is 0 Å². The predicted molar refractivity (Wildman–Crippen MR) is 64.4 cm³/mol. The van der Waals surface area contributed by atoms with E-state index in [1.54, 1.807) is 0 Å². The highest BCUT2D eigenvalue weighted by Gasteiger charge is 2.36. The molecule has 2 unspecified atom stereocenters. The number of amides is 1. The van der Waals surface area contributed by atoms with Gasteiger partial charge >= 0.3 is 0 Å². The molecular weight excluding hydrogens is 214 g/mol. The Morgan fingerprint density at radius 2 is 2.00 bits per heavy atom. The number of rotatable bonds is 4. The third-order valence-corrected chi connectivity index (χ3v) is 3.70. The van der Waals surface area contributed by atoms with Gasteiger partial charge in [0.25, 0.3) is 5.91 Å². The van der Waals surface area contributed by atoms with Crippen LogP contribution in [0.3, 0.4) is 0 Å². The van der Waals surface area contributed by atoms with Gasteiger partial charge in [-0.05, 0) is 24.3 Å². The largest absolute Gasteiger partial charge is 0.363 e. The first-order valence-corrected chi connectivity index (χ1v) is 6.31. The van der Waals surface area contributed by atoms with Crippen molar-refractivity contribution in [2.24, 2.45) is 5.92 Å². The summed E-state index contributed by atoms with van der Waals surface area (Å²) in [4.78, 5) is 11.8. The van der Waals surface area contributed by atoms with E-state index in [0.717, 1.165) is 0 Å². The summed E-state index contributed by atoms with van der Waals surface area (Å²) in [5.74, 6) is 0.644. The van der Waals surface area contributed by atoms with Crippen LogP contribution in [-0.4, -0.2) is 18.6 Å². The molecule has 2 fully saturated rings. The van der Waals surface area contributed by atoms with Crippen LogP contribution < -0.4 is 5.32 Å². The van der Waals surface area contributed by atoms with Gasteiger partial charge in [0.1, 0.15) is 0 Å². The summed E-state index contributed by atoms with van der Waals surface area (Å²) in [5.41, 5.74) is 1.21. The Balaban J connectivity index is 1.74. The third kappa shape index (κ3) is 2.34. The Kier molecular flexibility index (Phi) is 2.85. The van der Waals surface area contributed by atoms with Gasteiger partial charge in [-0.1, -0.05) is 36.8 Å². The average molecular weight is 231 g/mol. The number of carbonyl (C=O) groups excluding carboxylic acids is 1.